The van der Waals surface area contributed by atoms with Crippen molar-refractivity contribution in [2.75, 3.05) is 10.6 Å². The fraction of sp³-hybridized carbons (Fsp3) is 0.167. The molecular formula is C24H10Cl4F8N4O2S2. The van der Waals surface area contributed by atoms with E-state index in [0.29, 0.717) is 22.7 Å². The Kier molecular flexibility index (Phi) is 9.47. The minimum absolute atomic E-state index is 0.0167. The van der Waals surface area contributed by atoms with E-state index in [0.717, 1.165) is 10.8 Å². The number of hydrogen-bond donors (Lipinski definition) is 2. The SMILES string of the molecule is O=C(Nc1nc(-c2ccc(Cl)c(Cl)c2)cs1)C(F)(F)C(F)(F)C(F)(F)C(F)(F)C(=O)Nc1nc(-c2ccc(Cl)c(Cl)c2)cs1. The van der Waals surface area contributed by atoms with Crippen LogP contribution in [0, 0.1) is 0 Å². The molecule has 2 N–H and O–H groups in total. The molecule has 44 heavy (non-hydrogen) atoms. The van der Waals surface area contributed by atoms with Crippen LogP contribution in [-0.2, 0) is 9.59 Å². The third-order valence-electron chi connectivity index (χ3n) is 5.63. The second kappa shape index (κ2) is 12.2. The zero-order chi connectivity index (χ0) is 32.8. The molecule has 0 unspecified atom stereocenters. The van der Waals surface area contributed by atoms with Gasteiger partial charge in [0.05, 0.1) is 31.5 Å². The molecule has 0 radical (unpaired) electrons. The molecule has 20 heteroatoms. The Morgan fingerprint density at radius 1 is 0.591 bits per heavy atom. The third-order valence-corrected chi connectivity index (χ3v) is 8.63. The molecule has 0 saturated carbocycles. The summed E-state index contributed by atoms with van der Waals surface area (Å²) in [6.07, 6.45) is 0. The Morgan fingerprint density at radius 3 is 1.25 bits per heavy atom. The number of hydrogen-bond acceptors (Lipinski definition) is 6. The van der Waals surface area contributed by atoms with Gasteiger partial charge >= 0.3 is 35.5 Å². The molecular weight excluding hydrogens is 734 g/mol. The van der Waals surface area contributed by atoms with Crippen molar-refractivity contribution in [2.24, 2.45) is 0 Å². The van der Waals surface area contributed by atoms with Gasteiger partial charge in [-0.3, -0.25) is 20.2 Å². The van der Waals surface area contributed by atoms with Crippen molar-refractivity contribution in [3.8, 4) is 22.5 Å². The normalized spacial score (nSPS) is 12.7. The van der Waals surface area contributed by atoms with E-state index in [-0.39, 0.29) is 42.6 Å². The highest BCUT2D eigenvalue weighted by Crippen LogP contribution is 2.53. The number of carbonyl (C=O) groups excluding carboxylic acids is 2. The second-order valence-electron chi connectivity index (χ2n) is 8.54. The van der Waals surface area contributed by atoms with Gasteiger partial charge in [-0.25, -0.2) is 9.97 Å². The van der Waals surface area contributed by atoms with Crippen LogP contribution in [0.4, 0.5) is 45.4 Å². The van der Waals surface area contributed by atoms with Gasteiger partial charge < -0.3 is 0 Å². The van der Waals surface area contributed by atoms with E-state index >= 15 is 0 Å². The number of halogens is 12. The lowest BCUT2D eigenvalue weighted by molar-refractivity contribution is -0.345. The molecule has 0 fully saturated rings. The fourth-order valence-corrected chi connectivity index (χ4v) is 5.29. The maximum Gasteiger partial charge on any atom is 0.393 e. The number of amides is 2. The summed E-state index contributed by atoms with van der Waals surface area (Å²) in [5.74, 6) is -33.3. The van der Waals surface area contributed by atoms with E-state index in [1.165, 1.54) is 47.0 Å². The smallest absolute Gasteiger partial charge is 0.296 e. The molecule has 2 aromatic heterocycles. The first kappa shape index (κ1) is 34.1. The Bertz CT molecular complexity index is 1630. The van der Waals surface area contributed by atoms with E-state index < -0.39 is 45.8 Å². The lowest BCUT2D eigenvalue weighted by Gasteiger charge is -2.35. The highest BCUT2D eigenvalue weighted by Gasteiger charge is 2.84. The van der Waals surface area contributed by atoms with Gasteiger partial charge in [-0.1, -0.05) is 58.5 Å². The highest BCUT2D eigenvalue weighted by atomic mass is 35.5. The Hall–Kier alpha value is -2.76. The summed E-state index contributed by atoms with van der Waals surface area (Å²) in [7, 11) is 0. The molecule has 0 aliphatic rings. The number of alkyl halides is 8. The lowest BCUT2D eigenvalue weighted by Crippen LogP contribution is -2.67. The van der Waals surface area contributed by atoms with Crippen LogP contribution in [0.2, 0.25) is 20.1 Å². The summed E-state index contributed by atoms with van der Waals surface area (Å²) in [6.45, 7) is 0. The average Bonchev–Trinajstić information content (AvgIpc) is 3.61. The lowest BCUT2D eigenvalue weighted by atomic mass is 9.97. The minimum Gasteiger partial charge on any atom is -0.296 e. The number of benzene rings is 2. The Labute approximate surface area is 268 Å². The first-order valence-corrected chi connectivity index (χ1v) is 14.5. The van der Waals surface area contributed by atoms with E-state index in [9.17, 15) is 44.7 Å². The van der Waals surface area contributed by atoms with Crippen LogP contribution in [0.15, 0.2) is 47.2 Å². The number of aromatic nitrogens is 2. The molecule has 0 bridgehead atoms. The van der Waals surface area contributed by atoms with Crippen LogP contribution < -0.4 is 10.6 Å². The van der Waals surface area contributed by atoms with Crippen LogP contribution in [0.5, 0.6) is 0 Å². The summed E-state index contributed by atoms with van der Waals surface area (Å²) in [5, 5.41) is 3.56. The molecule has 2 heterocycles. The van der Waals surface area contributed by atoms with Crippen molar-refractivity contribution in [3.63, 3.8) is 0 Å². The Morgan fingerprint density at radius 2 is 0.932 bits per heavy atom. The summed E-state index contributed by atoms with van der Waals surface area (Å²) in [5.41, 5.74) is 0.457. The quantitative estimate of drug-likeness (QED) is 0.167. The predicted molar refractivity (Wildman–Crippen MR) is 152 cm³/mol. The van der Waals surface area contributed by atoms with E-state index in [1.54, 1.807) is 0 Å². The molecule has 0 aliphatic carbocycles. The van der Waals surface area contributed by atoms with Gasteiger partial charge in [0, 0.05) is 21.9 Å². The Balaban J connectivity index is 1.51. The van der Waals surface area contributed by atoms with Crippen LogP contribution in [-0.4, -0.2) is 45.5 Å². The largest absolute Gasteiger partial charge is 0.393 e. The van der Waals surface area contributed by atoms with E-state index in [1.807, 2.05) is 0 Å². The van der Waals surface area contributed by atoms with Crippen LogP contribution in [0.3, 0.4) is 0 Å². The van der Waals surface area contributed by atoms with Crippen molar-refractivity contribution in [1.82, 2.24) is 9.97 Å². The summed E-state index contributed by atoms with van der Waals surface area (Å²) < 4.78 is 116. The number of thiazole rings is 2. The van der Waals surface area contributed by atoms with E-state index in [2.05, 4.69) is 9.97 Å². The third kappa shape index (κ3) is 6.20. The van der Waals surface area contributed by atoms with Crippen molar-refractivity contribution in [3.05, 3.63) is 67.2 Å². The van der Waals surface area contributed by atoms with Crippen LogP contribution in [0.1, 0.15) is 0 Å². The zero-order valence-electron chi connectivity index (χ0n) is 20.7. The topological polar surface area (TPSA) is 84.0 Å². The fourth-order valence-electron chi connectivity index (χ4n) is 3.27. The minimum atomic E-state index is -7.09. The summed E-state index contributed by atoms with van der Waals surface area (Å²) in [6, 6.07) is 8.03. The number of carbonyl (C=O) groups is 2. The van der Waals surface area contributed by atoms with Crippen molar-refractivity contribution >= 4 is 91.2 Å². The van der Waals surface area contributed by atoms with Gasteiger partial charge in [0.1, 0.15) is 0 Å². The molecule has 0 spiro atoms. The monoisotopic (exact) mass is 742 g/mol. The zero-order valence-corrected chi connectivity index (χ0v) is 25.3. The van der Waals surface area contributed by atoms with Gasteiger partial charge in [0.15, 0.2) is 10.3 Å². The molecule has 0 saturated heterocycles. The molecule has 2 amide bonds. The first-order chi connectivity index (χ1) is 20.3. The average molecular weight is 744 g/mol. The standard InChI is InChI=1S/C24H10Cl4F8N4O2S2/c25-11-3-1-9(5-13(11)27)15-7-43-19(37-15)39-17(41)21(29,30)23(33,34)24(35,36)22(31,32)18(42)40-20-38-16(8-44-20)10-2-4-12(26)14(28)6-10/h1-8H,(H,37,39,41)(H,38,40,42). The molecule has 6 nitrogen and oxygen atoms in total. The van der Waals surface area contributed by atoms with Crippen molar-refractivity contribution in [1.29, 1.82) is 0 Å². The molecule has 4 aromatic rings. The molecule has 0 atom stereocenters. The van der Waals surface area contributed by atoms with Crippen LogP contribution >= 0.6 is 69.1 Å². The van der Waals surface area contributed by atoms with Gasteiger partial charge in [0.25, 0.3) is 0 Å². The summed E-state index contributed by atoms with van der Waals surface area (Å²) >= 11 is 24.1. The van der Waals surface area contributed by atoms with Gasteiger partial charge in [0.2, 0.25) is 0 Å². The highest BCUT2D eigenvalue weighted by molar-refractivity contribution is 7.14. The van der Waals surface area contributed by atoms with Gasteiger partial charge in [-0.05, 0) is 24.3 Å². The number of rotatable bonds is 9. The predicted octanol–water partition coefficient (Wildman–Crippen LogP) is 9.67. The van der Waals surface area contributed by atoms with E-state index in [4.69, 9.17) is 46.4 Å². The molecule has 2 aromatic carbocycles. The maximum atomic E-state index is 14.5. The first-order valence-electron chi connectivity index (χ1n) is 11.3. The number of nitrogens with one attached hydrogen (secondary N) is 2. The maximum absolute atomic E-state index is 14.5. The van der Waals surface area contributed by atoms with Gasteiger partial charge in [-0.15, -0.1) is 22.7 Å². The molecule has 0 aliphatic heterocycles. The van der Waals surface area contributed by atoms with Crippen molar-refractivity contribution < 1.29 is 44.7 Å². The summed E-state index contributed by atoms with van der Waals surface area (Å²) in [4.78, 5) is 31.4. The molecule has 4 rings (SSSR count). The second-order valence-corrected chi connectivity index (χ2v) is 11.9. The van der Waals surface area contributed by atoms with Crippen LogP contribution in [0.25, 0.3) is 22.5 Å². The molecule has 234 valence electrons. The van der Waals surface area contributed by atoms with Gasteiger partial charge in [-0.2, -0.15) is 35.1 Å². The number of nitrogens with zero attached hydrogens (tertiary/aromatic N) is 2. The number of anilines is 2. The van der Waals surface area contributed by atoms with Crippen molar-refractivity contribution in [2.45, 2.75) is 23.7 Å².